The van der Waals surface area contributed by atoms with E-state index in [9.17, 15) is 31.9 Å². The smallest absolute Gasteiger partial charge is 0.463 e. The van der Waals surface area contributed by atoms with Crippen LogP contribution in [0.1, 0.15) is 34.9 Å². The highest BCUT2D eigenvalue weighted by atomic mass is 19.4. The number of halogens is 5. The Labute approximate surface area is 205 Å². The van der Waals surface area contributed by atoms with Crippen LogP contribution in [0.15, 0.2) is 36.4 Å². The third kappa shape index (κ3) is 2.04. The molecule has 8 rings (SSSR count). The number of alkyl halides is 5. The van der Waals surface area contributed by atoms with Gasteiger partial charge in [-0.1, -0.05) is 24.3 Å². The van der Waals surface area contributed by atoms with E-state index in [-0.39, 0.29) is 19.3 Å². The number of hydrogen-bond donors (Lipinski definition) is 2. The number of nitrogens with one attached hydrogen (secondary N) is 1. The average molecular weight is 518 g/mol. The van der Waals surface area contributed by atoms with E-state index in [4.69, 9.17) is 9.47 Å². The zero-order chi connectivity index (χ0) is 25.9. The molecule has 2 aliphatic heterocycles. The summed E-state index contributed by atoms with van der Waals surface area (Å²) in [6.45, 7) is 0. The lowest BCUT2D eigenvalue weighted by Gasteiger charge is -2.50. The quantitative estimate of drug-likeness (QED) is 0.398. The van der Waals surface area contributed by atoms with Gasteiger partial charge in [-0.05, 0) is 36.1 Å². The van der Waals surface area contributed by atoms with Gasteiger partial charge in [0.05, 0.1) is 29.8 Å². The van der Waals surface area contributed by atoms with Crippen molar-refractivity contribution in [1.29, 1.82) is 0 Å². The van der Waals surface area contributed by atoms with Gasteiger partial charge < -0.3 is 24.5 Å². The fourth-order valence-corrected chi connectivity index (χ4v) is 8.22. The molecule has 5 aliphatic rings. The summed E-state index contributed by atoms with van der Waals surface area (Å²) in [5, 5.41) is 13.3. The summed E-state index contributed by atoms with van der Waals surface area (Å²) < 4.78 is 80.3. The number of ether oxygens (including phenoxy) is 2. The number of aromatic amines is 1. The number of aliphatic hydroxyl groups is 1. The molecule has 2 aromatic carbocycles. The van der Waals surface area contributed by atoms with E-state index >= 15 is 0 Å². The van der Waals surface area contributed by atoms with E-state index in [2.05, 4.69) is 4.98 Å². The summed E-state index contributed by atoms with van der Waals surface area (Å²) in [4.78, 5) is 16.8. The minimum Gasteiger partial charge on any atom is -0.493 e. The molecule has 11 heteroatoms. The largest absolute Gasteiger partial charge is 0.493 e. The maximum atomic E-state index is 14.3. The van der Waals surface area contributed by atoms with Crippen LogP contribution in [0.2, 0.25) is 0 Å². The fraction of sp³-hybridized carbons (Fsp3) is 0.423. The van der Waals surface area contributed by atoms with Crippen LogP contribution >= 0.6 is 0 Å². The number of carbonyl (C=O) groups is 1. The van der Waals surface area contributed by atoms with Crippen LogP contribution < -0.4 is 9.47 Å². The van der Waals surface area contributed by atoms with Crippen LogP contribution in [0.4, 0.5) is 22.0 Å². The predicted octanol–water partition coefficient (Wildman–Crippen LogP) is 3.94. The number of aromatic nitrogens is 1. The summed E-state index contributed by atoms with van der Waals surface area (Å²) in [5.41, 5.74) is -0.799. The topological polar surface area (TPSA) is 74.6 Å². The second-order valence-corrected chi connectivity index (χ2v) is 10.9. The molecule has 2 spiro atoms. The Morgan fingerprint density at radius 1 is 1.16 bits per heavy atom. The highest BCUT2D eigenvalue weighted by Gasteiger charge is 2.91. The number of rotatable bonds is 2. The SMILES string of the molecule is COc1ccc2c3c1O[C@H]1c4[nH]c5ccccc5c4C[C@@]4(O)[C@@H]5N(C(=O)C(F)(F)C(F)(F)F)[C@]5(C2)C[C@]314. The maximum absolute atomic E-state index is 14.3. The molecule has 3 aliphatic carbocycles. The number of fused-ring (bicyclic) bond motifs is 5. The van der Waals surface area contributed by atoms with Crippen molar-refractivity contribution >= 4 is 16.8 Å². The molecular formula is C26H19F5N2O4. The first-order chi connectivity index (χ1) is 17.4. The Bertz CT molecular complexity index is 1580. The lowest BCUT2D eigenvalue weighted by Crippen LogP contribution is -2.62. The lowest BCUT2D eigenvalue weighted by atomic mass is 9.57. The first kappa shape index (κ1) is 21.7. The Balaban J connectivity index is 1.39. The molecule has 2 bridgehead atoms. The third-order valence-electron chi connectivity index (χ3n) is 9.44. The normalized spacial score (nSPS) is 34.1. The molecular weight excluding hydrogens is 499 g/mol. The molecule has 1 amide bonds. The zero-order valence-corrected chi connectivity index (χ0v) is 19.2. The van der Waals surface area contributed by atoms with Crippen molar-refractivity contribution in [3.05, 3.63) is 58.8 Å². The van der Waals surface area contributed by atoms with E-state index in [1.54, 1.807) is 12.1 Å². The predicted molar refractivity (Wildman–Crippen MR) is 118 cm³/mol. The van der Waals surface area contributed by atoms with E-state index in [0.29, 0.717) is 33.1 Å². The first-order valence-electron chi connectivity index (χ1n) is 11.9. The molecule has 1 aromatic heterocycles. The monoisotopic (exact) mass is 518 g/mol. The third-order valence-corrected chi connectivity index (χ3v) is 9.44. The van der Waals surface area contributed by atoms with E-state index in [1.807, 2.05) is 24.3 Å². The lowest BCUT2D eigenvalue weighted by molar-refractivity contribution is -0.273. The van der Waals surface area contributed by atoms with Gasteiger partial charge in [-0.25, -0.2) is 0 Å². The van der Waals surface area contributed by atoms with Gasteiger partial charge in [-0.2, -0.15) is 22.0 Å². The molecule has 192 valence electrons. The van der Waals surface area contributed by atoms with Crippen LogP contribution in [0.25, 0.3) is 10.9 Å². The number of likely N-dealkylation sites (tertiary alicyclic amines) is 1. The molecule has 37 heavy (non-hydrogen) atoms. The standard InChI is InChI=1S/C26H19F5N2O4/c1-36-15-7-6-11-8-22-10-23-16(11)18(15)37-19(23)17-13(12-4-2-3-5-14(12)32-17)9-24(23,35)20(22)33(22)21(34)25(27,28)26(29,30)31/h2-7,19-20,32,35H,8-10H2,1H3/t19-,20+,22+,23-,24+,33?/m0/s1. The van der Waals surface area contributed by atoms with Crippen molar-refractivity contribution in [3.63, 3.8) is 0 Å². The van der Waals surface area contributed by atoms with Crippen LogP contribution in [-0.4, -0.2) is 57.3 Å². The van der Waals surface area contributed by atoms with Crippen LogP contribution in [-0.2, 0) is 23.1 Å². The number of para-hydroxylation sites is 1. The minimum atomic E-state index is -6.04. The number of H-pyrrole nitrogens is 1. The highest BCUT2D eigenvalue weighted by Crippen LogP contribution is 2.79. The molecule has 0 unspecified atom stereocenters. The molecule has 3 aromatic rings. The van der Waals surface area contributed by atoms with Gasteiger partial charge in [0.25, 0.3) is 0 Å². The first-order valence-corrected chi connectivity index (χ1v) is 11.9. The minimum absolute atomic E-state index is 0.00742. The molecule has 5 atom stereocenters. The van der Waals surface area contributed by atoms with Crippen molar-refractivity contribution in [2.45, 2.75) is 60.1 Å². The van der Waals surface area contributed by atoms with Crippen molar-refractivity contribution in [1.82, 2.24) is 9.88 Å². The van der Waals surface area contributed by atoms with Gasteiger partial charge in [-0.15, -0.1) is 0 Å². The summed E-state index contributed by atoms with van der Waals surface area (Å²) in [6, 6.07) is 9.53. The second-order valence-electron chi connectivity index (χ2n) is 10.9. The van der Waals surface area contributed by atoms with Crippen LogP contribution in [0, 0.1) is 0 Å². The molecule has 6 nitrogen and oxygen atoms in total. The fourth-order valence-electron chi connectivity index (χ4n) is 8.22. The van der Waals surface area contributed by atoms with E-state index < -0.39 is 46.7 Å². The van der Waals surface area contributed by atoms with E-state index in [1.165, 1.54) is 7.11 Å². The number of carbonyl (C=O) groups excluding carboxylic acids is 1. The molecule has 2 fully saturated rings. The van der Waals surface area contributed by atoms with Crippen molar-refractivity contribution in [2.75, 3.05) is 7.11 Å². The number of piperidine rings is 1. The number of hydrogen-bond acceptors (Lipinski definition) is 4. The maximum Gasteiger partial charge on any atom is 0.463 e. The molecule has 1 saturated heterocycles. The summed E-state index contributed by atoms with van der Waals surface area (Å²) in [5.74, 6) is -7.00. The Morgan fingerprint density at radius 3 is 2.65 bits per heavy atom. The Morgan fingerprint density at radius 2 is 1.92 bits per heavy atom. The molecule has 0 radical (unpaired) electrons. The van der Waals surface area contributed by atoms with Gasteiger partial charge in [0, 0.05) is 22.9 Å². The summed E-state index contributed by atoms with van der Waals surface area (Å²) in [6.07, 6.45) is -6.79. The van der Waals surface area contributed by atoms with Crippen molar-refractivity contribution in [3.8, 4) is 11.5 Å². The van der Waals surface area contributed by atoms with Gasteiger partial charge in [0.15, 0.2) is 17.6 Å². The van der Waals surface area contributed by atoms with Crippen LogP contribution in [0.3, 0.4) is 0 Å². The van der Waals surface area contributed by atoms with E-state index in [0.717, 1.165) is 16.6 Å². The highest BCUT2D eigenvalue weighted by molar-refractivity contribution is 5.91. The average Bonchev–Trinajstić information content (AvgIpc) is 3.08. The van der Waals surface area contributed by atoms with Gasteiger partial charge in [-0.3, -0.25) is 4.79 Å². The zero-order valence-electron chi connectivity index (χ0n) is 19.2. The van der Waals surface area contributed by atoms with Gasteiger partial charge >= 0.3 is 18.0 Å². The Hall–Kier alpha value is -3.34. The molecule has 1 saturated carbocycles. The van der Waals surface area contributed by atoms with Crippen LogP contribution in [0.5, 0.6) is 11.5 Å². The van der Waals surface area contributed by atoms with Gasteiger partial charge in [0.2, 0.25) is 0 Å². The van der Waals surface area contributed by atoms with Crippen molar-refractivity contribution in [2.24, 2.45) is 0 Å². The number of methoxy groups -OCH3 is 1. The Kier molecular flexibility index (Phi) is 3.45. The van der Waals surface area contributed by atoms with Crippen molar-refractivity contribution < 1.29 is 41.3 Å². The molecule has 2 N–H and O–H groups in total. The molecule has 3 heterocycles. The summed E-state index contributed by atoms with van der Waals surface area (Å²) in [7, 11) is 1.48. The summed E-state index contributed by atoms with van der Waals surface area (Å²) >= 11 is 0. The number of nitrogens with zero attached hydrogens (tertiary/aromatic N) is 1. The number of benzene rings is 2. The second kappa shape index (κ2) is 5.87. The number of amides is 1. The van der Waals surface area contributed by atoms with Gasteiger partial charge in [0.1, 0.15) is 5.60 Å².